The van der Waals surface area contributed by atoms with E-state index < -0.39 is 0 Å². The number of piperazine rings is 1. The van der Waals surface area contributed by atoms with Gasteiger partial charge in [-0.2, -0.15) is 0 Å². The van der Waals surface area contributed by atoms with Gasteiger partial charge in [-0.05, 0) is 24.6 Å². The van der Waals surface area contributed by atoms with Crippen LogP contribution in [0.4, 0.5) is 5.69 Å². The van der Waals surface area contributed by atoms with Crippen molar-refractivity contribution in [2.24, 2.45) is 0 Å². The number of thiazole rings is 1. The summed E-state index contributed by atoms with van der Waals surface area (Å²) in [5, 5.41) is 5.76. The quantitative estimate of drug-likeness (QED) is 0.672. The summed E-state index contributed by atoms with van der Waals surface area (Å²) in [4.78, 5) is 21.9. The van der Waals surface area contributed by atoms with E-state index in [2.05, 4.69) is 50.4 Å². The van der Waals surface area contributed by atoms with Crippen molar-refractivity contribution in [3.8, 4) is 0 Å². The van der Waals surface area contributed by atoms with Gasteiger partial charge in [0.2, 0.25) is 0 Å². The summed E-state index contributed by atoms with van der Waals surface area (Å²) in [6.45, 7) is 8.01. The lowest BCUT2D eigenvalue weighted by Crippen LogP contribution is -2.45. The number of carbonyl (C=O) groups is 1. The highest BCUT2D eigenvalue weighted by atomic mass is 32.1. The number of benzene rings is 2. The van der Waals surface area contributed by atoms with E-state index >= 15 is 0 Å². The number of aromatic nitrogens is 1. The number of carbonyl (C=O) groups excluding carboxylic acids is 1. The highest BCUT2D eigenvalue weighted by Gasteiger charge is 2.19. The van der Waals surface area contributed by atoms with Gasteiger partial charge in [0.15, 0.2) is 0 Å². The fourth-order valence-electron chi connectivity index (χ4n) is 3.46. The molecule has 1 aromatic heterocycles. The van der Waals surface area contributed by atoms with Crippen LogP contribution in [-0.4, -0.2) is 46.9 Å². The number of nitrogens with zero attached hydrogens (tertiary/aromatic N) is 3. The van der Waals surface area contributed by atoms with Crippen molar-refractivity contribution in [1.29, 1.82) is 0 Å². The molecule has 29 heavy (non-hydrogen) atoms. The average Bonchev–Trinajstić information content (AvgIpc) is 3.21. The summed E-state index contributed by atoms with van der Waals surface area (Å²) < 4.78 is 0. The minimum Gasteiger partial charge on any atom is -0.321 e. The number of nitrogens with one attached hydrogen (secondary N) is 1. The number of hydrogen-bond donors (Lipinski definition) is 1. The van der Waals surface area contributed by atoms with Crippen molar-refractivity contribution in [3.63, 3.8) is 0 Å². The third kappa shape index (κ3) is 5.50. The highest BCUT2D eigenvalue weighted by molar-refractivity contribution is 7.09. The third-order valence-electron chi connectivity index (χ3n) is 5.17. The molecule has 1 aliphatic rings. The molecule has 0 aliphatic carbocycles. The standard InChI is InChI=1S/C23H26N4OS/c1-18-7-9-20(10-8-18)24-23(28)21-17-29-22(25-21)16-27-13-11-26(12-14-27)15-19-5-3-2-4-6-19/h2-10,17H,11-16H2,1H3,(H,24,28). The first-order valence-electron chi connectivity index (χ1n) is 9.97. The molecule has 0 radical (unpaired) electrons. The lowest BCUT2D eigenvalue weighted by Gasteiger charge is -2.34. The Labute approximate surface area is 176 Å². The molecule has 1 saturated heterocycles. The van der Waals surface area contributed by atoms with E-state index in [9.17, 15) is 4.79 Å². The molecule has 0 atom stereocenters. The van der Waals surface area contributed by atoms with Crippen molar-refractivity contribution in [1.82, 2.24) is 14.8 Å². The summed E-state index contributed by atoms with van der Waals surface area (Å²) in [5.41, 5.74) is 3.82. The zero-order valence-corrected chi connectivity index (χ0v) is 17.5. The van der Waals surface area contributed by atoms with Crippen LogP contribution >= 0.6 is 11.3 Å². The van der Waals surface area contributed by atoms with Gasteiger partial charge in [0, 0.05) is 43.8 Å². The Balaban J connectivity index is 1.26. The Morgan fingerprint density at radius 1 is 0.966 bits per heavy atom. The fraction of sp³-hybridized carbons (Fsp3) is 0.304. The minimum atomic E-state index is -0.149. The molecule has 3 aromatic rings. The molecule has 0 unspecified atom stereocenters. The first-order chi connectivity index (χ1) is 14.2. The Kier molecular flexibility index (Phi) is 6.34. The van der Waals surface area contributed by atoms with Crippen molar-refractivity contribution in [2.45, 2.75) is 20.0 Å². The van der Waals surface area contributed by atoms with E-state index in [1.165, 1.54) is 11.1 Å². The van der Waals surface area contributed by atoms with Gasteiger partial charge >= 0.3 is 0 Å². The first-order valence-corrected chi connectivity index (χ1v) is 10.8. The lowest BCUT2D eigenvalue weighted by atomic mass is 10.2. The molecule has 2 aromatic carbocycles. The Bertz CT molecular complexity index is 931. The molecule has 2 heterocycles. The SMILES string of the molecule is Cc1ccc(NC(=O)c2csc(CN3CCN(Cc4ccccc4)CC3)n2)cc1. The van der Waals surface area contributed by atoms with Gasteiger partial charge in [-0.15, -0.1) is 11.3 Å². The summed E-state index contributed by atoms with van der Waals surface area (Å²) in [6.07, 6.45) is 0. The fourth-order valence-corrected chi connectivity index (χ4v) is 4.27. The normalized spacial score (nSPS) is 15.3. The molecule has 0 spiro atoms. The Morgan fingerprint density at radius 3 is 2.31 bits per heavy atom. The number of rotatable bonds is 6. The minimum absolute atomic E-state index is 0.149. The van der Waals surface area contributed by atoms with Crippen molar-refractivity contribution < 1.29 is 4.79 Å². The van der Waals surface area contributed by atoms with E-state index in [0.29, 0.717) is 5.69 Å². The van der Waals surface area contributed by atoms with Crippen LogP contribution in [-0.2, 0) is 13.1 Å². The van der Waals surface area contributed by atoms with E-state index in [4.69, 9.17) is 0 Å². The summed E-state index contributed by atoms with van der Waals surface area (Å²) in [6, 6.07) is 18.4. The zero-order valence-electron chi connectivity index (χ0n) is 16.7. The van der Waals surface area contributed by atoms with Crippen LogP contribution in [0.2, 0.25) is 0 Å². The lowest BCUT2D eigenvalue weighted by molar-refractivity contribution is 0.102. The number of amides is 1. The van der Waals surface area contributed by atoms with Crippen LogP contribution in [0.5, 0.6) is 0 Å². The predicted octanol–water partition coefficient (Wildman–Crippen LogP) is 4.02. The molecule has 1 amide bonds. The second-order valence-corrected chi connectivity index (χ2v) is 8.43. The number of aryl methyl sites for hydroxylation is 1. The smallest absolute Gasteiger partial charge is 0.275 e. The molecule has 4 rings (SSSR count). The van der Waals surface area contributed by atoms with Crippen molar-refractivity contribution in [3.05, 3.63) is 81.8 Å². The van der Waals surface area contributed by atoms with E-state index in [0.717, 1.165) is 50.0 Å². The monoisotopic (exact) mass is 406 g/mol. The maximum absolute atomic E-state index is 12.4. The molecular formula is C23H26N4OS. The van der Waals surface area contributed by atoms with Gasteiger partial charge in [-0.3, -0.25) is 14.6 Å². The molecule has 0 saturated carbocycles. The van der Waals surface area contributed by atoms with Gasteiger partial charge in [-0.25, -0.2) is 4.98 Å². The maximum Gasteiger partial charge on any atom is 0.275 e. The third-order valence-corrected chi connectivity index (χ3v) is 6.00. The predicted molar refractivity (Wildman–Crippen MR) is 118 cm³/mol. The Hall–Kier alpha value is -2.54. The first kappa shape index (κ1) is 19.8. The topological polar surface area (TPSA) is 48.5 Å². The average molecular weight is 407 g/mol. The van der Waals surface area contributed by atoms with Crippen LogP contribution in [0, 0.1) is 6.92 Å². The molecule has 5 nitrogen and oxygen atoms in total. The van der Waals surface area contributed by atoms with Gasteiger partial charge < -0.3 is 5.32 Å². The van der Waals surface area contributed by atoms with Crippen LogP contribution < -0.4 is 5.32 Å². The summed E-state index contributed by atoms with van der Waals surface area (Å²) >= 11 is 1.56. The van der Waals surface area contributed by atoms with E-state index in [1.807, 2.05) is 36.6 Å². The molecule has 0 bridgehead atoms. The summed E-state index contributed by atoms with van der Waals surface area (Å²) in [7, 11) is 0. The molecule has 1 fully saturated rings. The molecule has 150 valence electrons. The largest absolute Gasteiger partial charge is 0.321 e. The van der Waals surface area contributed by atoms with Crippen LogP contribution in [0.25, 0.3) is 0 Å². The highest BCUT2D eigenvalue weighted by Crippen LogP contribution is 2.17. The molecule has 6 heteroatoms. The second kappa shape index (κ2) is 9.31. The Morgan fingerprint density at radius 2 is 1.62 bits per heavy atom. The number of anilines is 1. The maximum atomic E-state index is 12.4. The molecule has 1 N–H and O–H groups in total. The zero-order chi connectivity index (χ0) is 20.1. The van der Waals surface area contributed by atoms with Crippen LogP contribution in [0.1, 0.15) is 26.6 Å². The summed E-state index contributed by atoms with van der Waals surface area (Å²) in [5.74, 6) is -0.149. The number of hydrogen-bond acceptors (Lipinski definition) is 5. The van der Waals surface area contributed by atoms with E-state index in [1.54, 1.807) is 11.3 Å². The van der Waals surface area contributed by atoms with Crippen LogP contribution in [0.15, 0.2) is 60.0 Å². The van der Waals surface area contributed by atoms with Crippen LogP contribution in [0.3, 0.4) is 0 Å². The molecular weight excluding hydrogens is 380 g/mol. The van der Waals surface area contributed by atoms with Crippen molar-refractivity contribution >= 4 is 22.9 Å². The van der Waals surface area contributed by atoms with Crippen molar-refractivity contribution in [2.75, 3.05) is 31.5 Å². The van der Waals surface area contributed by atoms with Gasteiger partial charge in [0.05, 0.1) is 6.54 Å². The van der Waals surface area contributed by atoms with Gasteiger partial charge in [0.1, 0.15) is 10.7 Å². The van der Waals surface area contributed by atoms with Gasteiger partial charge in [0.25, 0.3) is 5.91 Å². The van der Waals surface area contributed by atoms with Gasteiger partial charge in [-0.1, -0.05) is 48.0 Å². The second-order valence-electron chi connectivity index (χ2n) is 7.48. The molecule has 1 aliphatic heterocycles. The van der Waals surface area contributed by atoms with E-state index in [-0.39, 0.29) is 5.91 Å².